The summed E-state index contributed by atoms with van der Waals surface area (Å²) in [6, 6.07) is 4.47. The van der Waals surface area contributed by atoms with E-state index in [0.717, 1.165) is 6.54 Å². The first kappa shape index (κ1) is 21.9. The van der Waals surface area contributed by atoms with E-state index in [4.69, 9.17) is 4.74 Å². The normalized spacial score (nSPS) is 17.0. The summed E-state index contributed by atoms with van der Waals surface area (Å²) < 4.78 is 18.6. The van der Waals surface area contributed by atoms with Gasteiger partial charge < -0.3 is 20.7 Å². The van der Waals surface area contributed by atoms with Gasteiger partial charge in [-0.3, -0.25) is 4.79 Å². The molecule has 0 aliphatic carbocycles. The zero-order chi connectivity index (χ0) is 15.2. The molecule has 0 bridgehead atoms. The number of anilines is 2. The van der Waals surface area contributed by atoms with Gasteiger partial charge in [-0.25, -0.2) is 4.39 Å². The minimum Gasteiger partial charge on any atom is -0.381 e. The second kappa shape index (κ2) is 10.6. The quantitative estimate of drug-likeness (QED) is 0.748. The Hall–Kier alpha value is -1.08. The van der Waals surface area contributed by atoms with Crippen molar-refractivity contribution in [3.05, 3.63) is 24.0 Å². The summed E-state index contributed by atoms with van der Waals surface area (Å²) in [5.74, 6) is -0.449. The van der Waals surface area contributed by atoms with Crippen LogP contribution in [-0.2, 0) is 9.53 Å². The zero-order valence-corrected chi connectivity index (χ0v) is 14.9. The molecule has 0 saturated carbocycles. The Morgan fingerprint density at radius 3 is 2.74 bits per heavy atom. The molecule has 1 aromatic rings. The molecule has 1 aliphatic rings. The predicted octanol–water partition coefficient (Wildman–Crippen LogP) is 2.81. The third-order valence-electron chi connectivity index (χ3n) is 3.13. The average Bonchev–Trinajstić information content (AvgIpc) is 2.42. The third-order valence-corrected chi connectivity index (χ3v) is 3.13. The van der Waals surface area contributed by atoms with Crippen molar-refractivity contribution in [2.45, 2.75) is 32.4 Å². The summed E-state index contributed by atoms with van der Waals surface area (Å²) in [6.07, 6.45) is 0.332. The first-order chi connectivity index (χ1) is 10.0. The highest BCUT2D eigenvalue weighted by Crippen LogP contribution is 2.24. The average molecular weight is 368 g/mol. The van der Waals surface area contributed by atoms with Crippen LogP contribution in [0.2, 0.25) is 0 Å². The number of ether oxygens (including phenoxy) is 1. The molecule has 8 heteroatoms. The largest absolute Gasteiger partial charge is 0.381 e. The van der Waals surface area contributed by atoms with Gasteiger partial charge in [0, 0.05) is 25.0 Å². The summed E-state index contributed by atoms with van der Waals surface area (Å²) in [5.41, 5.74) is 1.18. The molecule has 5 nitrogen and oxygen atoms in total. The second-order valence-corrected chi connectivity index (χ2v) is 5.47. The molecule has 1 aliphatic heterocycles. The van der Waals surface area contributed by atoms with Crippen LogP contribution in [0.25, 0.3) is 0 Å². The van der Waals surface area contributed by atoms with E-state index in [1.165, 1.54) is 12.1 Å². The minimum atomic E-state index is -0.335. The molecule has 1 fully saturated rings. The van der Waals surface area contributed by atoms with Crippen LogP contribution in [-0.4, -0.2) is 37.7 Å². The summed E-state index contributed by atoms with van der Waals surface area (Å²) in [5, 5.41) is 9.19. The predicted molar refractivity (Wildman–Crippen MR) is 95.5 cm³/mol. The first-order valence-corrected chi connectivity index (χ1v) is 7.21. The third kappa shape index (κ3) is 7.35. The molecule has 1 saturated heterocycles. The van der Waals surface area contributed by atoms with Crippen molar-refractivity contribution in [1.82, 2.24) is 5.32 Å². The lowest BCUT2D eigenvalue weighted by Crippen LogP contribution is -2.43. The van der Waals surface area contributed by atoms with E-state index in [0.29, 0.717) is 31.0 Å². The van der Waals surface area contributed by atoms with Gasteiger partial charge in [0.05, 0.1) is 24.6 Å². The fraction of sp³-hybridized carbons (Fsp3) is 0.533. The minimum absolute atomic E-state index is 0. The van der Waals surface area contributed by atoms with Gasteiger partial charge in [-0.1, -0.05) is 0 Å². The van der Waals surface area contributed by atoms with E-state index in [2.05, 4.69) is 16.0 Å². The van der Waals surface area contributed by atoms with Crippen LogP contribution in [0.5, 0.6) is 0 Å². The molecule has 1 aromatic carbocycles. The molecular weight excluding hydrogens is 344 g/mol. The summed E-state index contributed by atoms with van der Waals surface area (Å²) in [4.78, 5) is 12.1. The van der Waals surface area contributed by atoms with Gasteiger partial charge in [0.1, 0.15) is 5.82 Å². The highest BCUT2D eigenvalue weighted by atomic mass is 35.5. The van der Waals surface area contributed by atoms with Crippen LogP contribution >= 0.6 is 24.8 Å². The molecule has 2 rings (SSSR count). The molecule has 0 aromatic heterocycles. The molecule has 0 spiro atoms. The van der Waals surface area contributed by atoms with E-state index in [-0.39, 0.29) is 48.6 Å². The summed E-state index contributed by atoms with van der Waals surface area (Å²) in [7, 11) is 0. The lowest BCUT2D eigenvalue weighted by Gasteiger charge is -2.23. The van der Waals surface area contributed by atoms with E-state index < -0.39 is 0 Å². The number of carbonyl (C=O) groups is 1. The summed E-state index contributed by atoms with van der Waals surface area (Å²) in [6.45, 7) is 5.89. The highest BCUT2D eigenvalue weighted by molar-refractivity contribution is 5.94. The molecular formula is C15H24Cl2FN3O2. The number of halogens is 3. The standard InChI is InChI=1S/C15H22FN3O2.2ClH/c1-10(2)18-14-7-11(16)3-4-13(14)19-15(20)8-12-9-21-6-5-17-12;;/h3-4,7,10,12,17-18H,5-6,8-9H2,1-2H3,(H,19,20);2*1H. The number of morpholine rings is 1. The number of benzene rings is 1. The molecule has 132 valence electrons. The van der Waals surface area contributed by atoms with Gasteiger partial charge in [0.15, 0.2) is 0 Å². The molecule has 1 unspecified atom stereocenters. The fourth-order valence-corrected chi connectivity index (χ4v) is 2.23. The lowest BCUT2D eigenvalue weighted by atomic mass is 10.1. The van der Waals surface area contributed by atoms with Gasteiger partial charge in [-0.15, -0.1) is 24.8 Å². The number of rotatable bonds is 5. The number of carbonyl (C=O) groups excluding carboxylic acids is 1. The molecule has 3 N–H and O–H groups in total. The maximum atomic E-state index is 13.3. The molecule has 1 heterocycles. The molecule has 23 heavy (non-hydrogen) atoms. The number of amides is 1. The van der Waals surface area contributed by atoms with E-state index in [1.807, 2.05) is 13.8 Å². The van der Waals surface area contributed by atoms with Gasteiger partial charge >= 0.3 is 0 Å². The monoisotopic (exact) mass is 367 g/mol. The summed E-state index contributed by atoms with van der Waals surface area (Å²) >= 11 is 0. The zero-order valence-electron chi connectivity index (χ0n) is 13.2. The topological polar surface area (TPSA) is 62.4 Å². The molecule has 1 amide bonds. The Morgan fingerprint density at radius 1 is 1.39 bits per heavy atom. The van der Waals surface area contributed by atoms with E-state index in [1.54, 1.807) is 6.07 Å². The SMILES string of the molecule is CC(C)Nc1cc(F)ccc1NC(=O)CC1COCCN1.Cl.Cl. The van der Waals surface area contributed by atoms with Crippen LogP contribution in [0.3, 0.4) is 0 Å². The Bertz CT molecular complexity index is 498. The van der Waals surface area contributed by atoms with Crippen molar-refractivity contribution < 1.29 is 13.9 Å². The highest BCUT2D eigenvalue weighted by Gasteiger charge is 2.17. The van der Waals surface area contributed by atoms with Crippen molar-refractivity contribution in [1.29, 1.82) is 0 Å². The Balaban J connectivity index is 0.00000242. The number of nitrogens with one attached hydrogen (secondary N) is 3. The smallest absolute Gasteiger partial charge is 0.226 e. The Labute approximate surface area is 148 Å². The van der Waals surface area contributed by atoms with Crippen molar-refractivity contribution in [3.63, 3.8) is 0 Å². The Kier molecular flexibility index (Phi) is 10.1. The van der Waals surface area contributed by atoms with Gasteiger partial charge in [-0.05, 0) is 32.0 Å². The Morgan fingerprint density at radius 2 is 2.13 bits per heavy atom. The van der Waals surface area contributed by atoms with Gasteiger partial charge in [0.2, 0.25) is 5.91 Å². The van der Waals surface area contributed by atoms with Gasteiger partial charge in [0.25, 0.3) is 0 Å². The maximum absolute atomic E-state index is 13.3. The second-order valence-electron chi connectivity index (χ2n) is 5.47. The molecule has 0 radical (unpaired) electrons. The van der Waals surface area contributed by atoms with E-state index >= 15 is 0 Å². The van der Waals surface area contributed by atoms with Gasteiger partial charge in [-0.2, -0.15) is 0 Å². The van der Waals surface area contributed by atoms with Crippen LogP contribution < -0.4 is 16.0 Å². The molecule has 1 atom stereocenters. The van der Waals surface area contributed by atoms with Crippen molar-refractivity contribution >= 4 is 42.1 Å². The van der Waals surface area contributed by atoms with Crippen LogP contribution in [0.4, 0.5) is 15.8 Å². The maximum Gasteiger partial charge on any atom is 0.226 e. The lowest BCUT2D eigenvalue weighted by molar-refractivity contribution is -0.117. The fourth-order valence-electron chi connectivity index (χ4n) is 2.23. The van der Waals surface area contributed by atoms with Crippen LogP contribution in [0.15, 0.2) is 18.2 Å². The van der Waals surface area contributed by atoms with Crippen LogP contribution in [0, 0.1) is 5.82 Å². The first-order valence-electron chi connectivity index (χ1n) is 7.21. The van der Waals surface area contributed by atoms with Crippen molar-refractivity contribution in [2.24, 2.45) is 0 Å². The number of hydrogen-bond acceptors (Lipinski definition) is 4. The number of hydrogen-bond donors (Lipinski definition) is 3. The van der Waals surface area contributed by atoms with Crippen molar-refractivity contribution in [2.75, 3.05) is 30.4 Å². The van der Waals surface area contributed by atoms with E-state index in [9.17, 15) is 9.18 Å². The van der Waals surface area contributed by atoms with Crippen molar-refractivity contribution in [3.8, 4) is 0 Å². The van der Waals surface area contributed by atoms with Crippen LogP contribution in [0.1, 0.15) is 20.3 Å².